The predicted molar refractivity (Wildman–Crippen MR) is 107 cm³/mol. The Bertz CT molecular complexity index is 998. The molecular formula is C17H13BrClN3O4S. The lowest BCUT2D eigenvalue weighted by Gasteiger charge is -2.07. The highest BCUT2D eigenvalue weighted by Crippen LogP contribution is 2.34. The number of benzene rings is 1. The molecule has 0 bridgehead atoms. The molecule has 1 aromatic carbocycles. The molecule has 140 valence electrons. The van der Waals surface area contributed by atoms with Gasteiger partial charge in [0, 0.05) is 36.8 Å². The average Bonchev–Trinajstić information content (AvgIpc) is 3.21. The van der Waals surface area contributed by atoms with Crippen molar-refractivity contribution in [2.24, 2.45) is 0 Å². The topological polar surface area (TPSA) is 92.6 Å². The molecule has 27 heavy (non-hydrogen) atoms. The van der Waals surface area contributed by atoms with Crippen LogP contribution in [0.3, 0.4) is 0 Å². The molecule has 3 rings (SSSR count). The lowest BCUT2D eigenvalue weighted by Crippen LogP contribution is -2.07. The van der Waals surface area contributed by atoms with E-state index in [2.05, 4.69) is 26.1 Å². The van der Waals surface area contributed by atoms with Crippen molar-refractivity contribution in [1.29, 1.82) is 0 Å². The number of hydrogen-bond donors (Lipinski definition) is 1. The second-order valence-electron chi connectivity index (χ2n) is 5.49. The van der Waals surface area contributed by atoms with Crippen molar-refractivity contribution in [3.63, 3.8) is 0 Å². The molecule has 0 saturated carbocycles. The van der Waals surface area contributed by atoms with Crippen molar-refractivity contribution in [1.82, 2.24) is 10.2 Å². The number of carboxylic acids is 1. The monoisotopic (exact) mass is 469 g/mol. The quantitative estimate of drug-likeness (QED) is 0.396. The van der Waals surface area contributed by atoms with E-state index in [1.807, 2.05) is 14.1 Å². The number of nitrogens with zero attached hydrogens (tertiary/aromatic N) is 3. The van der Waals surface area contributed by atoms with Crippen molar-refractivity contribution >= 4 is 57.2 Å². The Balaban J connectivity index is 1.84. The summed E-state index contributed by atoms with van der Waals surface area (Å²) in [6.07, 6.45) is 1.40. The Morgan fingerprint density at radius 3 is 2.56 bits per heavy atom. The molecular weight excluding hydrogens is 458 g/mol. The van der Waals surface area contributed by atoms with Gasteiger partial charge in [0.05, 0.1) is 4.47 Å². The summed E-state index contributed by atoms with van der Waals surface area (Å²) in [6, 6.07) is 8.57. The molecule has 0 aliphatic rings. The van der Waals surface area contributed by atoms with Gasteiger partial charge in [-0.25, -0.2) is 4.79 Å². The Morgan fingerprint density at radius 2 is 1.96 bits per heavy atom. The molecule has 0 saturated heterocycles. The number of halogens is 2. The van der Waals surface area contributed by atoms with Crippen molar-refractivity contribution in [2.75, 3.05) is 19.0 Å². The van der Waals surface area contributed by atoms with Crippen LogP contribution in [0, 0.1) is 0 Å². The molecule has 2 aromatic heterocycles. The molecule has 0 aliphatic heterocycles. The average molecular weight is 471 g/mol. The number of carbonyl (C=O) groups is 1. The number of thioether (sulfide) groups is 1. The van der Waals surface area contributed by atoms with Gasteiger partial charge in [-0.1, -0.05) is 11.6 Å². The van der Waals surface area contributed by atoms with E-state index in [1.54, 1.807) is 35.2 Å². The summed E-state index contributed by atoms with van der Waals surface area (Å²) in [4.78, 5) is 13.3. The van der Waals surface area contributed by atoms with Crippen LogP contribution in [0.4, 0.5) is 5.88 Å². The Labute approximate surface area is 172 Å². The predicted octanol–water partition coefficient (Wildman–Crippen LogP) is 5.03. The third kappa shape index (κ3) is 4.74. The fourth-order valence-electron chi connectivity index (χ4n) is 2.07. The number of rotatable bonds is 6. The molecule has 0 spiro atoms. The first-order valence-electron chi connectivity index (χ1n) is 7.52. The third-order valence-electron chi connectivity index (χ3n) is 3.27. The number of anilines is 1. The van der Waals surface area contributed by atoms with Crippen molar-refractivity contribution in [3.8, 4) is 11.5 Å². The molecule has 1 N–H and O–H groups in total. The zero-order valence-electron chi connectivity index (χ0n) is 14.1. The number of hydrogen-bond acceptors (Lipinski definition) is 7. The summed E-state index contributed by atoms with van der Waals surface area (Å²) in [7, 11) is 3.64. The number of carboxylic acid groups (broad SMARTS) is 1. The van der Waals surface area contributed by atoms with Crippen LogP contribution in [0.5, 0.6) is 0 Å². The van der Waals surface area contributed by atoms with Gasteiger partial charge >= 0.3 is 5.97 Å². The van der Waals surface area contributed by atoms with Crippen LogP contribution in [0.15, 0.2) is 53.8 Å². The standard InChI is InChI=1S/C17H13BrClN3O4S/c1-22(2)15-12(18)7-11(25-15)8-13(16(23)24)27-17-21-20-14(26-17)9-3-5-10(19)6-4-9/h3-8H,1-2H3,(H,23,24)/b13-8-. The molecule has 0 unspecified atom stereocenters. The summed E-state index contributed by atoms with van der Waals surface area (Å²) < 4.78 is 11.9. The highest BCUT2D eigenvalue weighted by atomic mass is 79.9. The Kier molecular flexibility index (Phi) is 5.93. The van der Waals surface area contributed by atoms with Crippen LogP contribution < -0.4 is 4.90 Å². The van der Waals surface area contributed by atoms with Gasteiger partial charge in [0.25, 0.3) is 5.22 Å². The second kappa shape index (κ2) is 8.20. The molecule has 3 aromatic rings. The minimum atomic E-state index is -1.13. The van der Waals surface area contributed by atoms with Crippen LogP contribution in [0.2, 0.25) is 5.02 Å². The third-order valence-corrected chi connectivity index (χ3v) is 4.95. The molecule has 0 radical (unpaired) electrons. The van der Waals surface area contributed by atoms with Crippen LogP contribution in [-0.4, -0.2) is 35.4 Å². The first kappa shape index (κ1) is 19.5. The van der Waals surface area contributed by atoms with E-state index >= 15 is 0 Å². The fraction of sp³-hybridized carbons (Fsp3) is 0.118. The van der Waals surface area contributed by atoms with Gasteiger partial charge in [-0.3, -0.25) is 0 Å². The molecule has 0 fully saturated rings. The van der Waals surface area contributed by atoms with Crippen molar-refractivity contribution in [2.45, 2.75) is 5.22 Å². The zero-order chi connectivity index (χ0) is 19.6. The van der Waals surface area contributed by atoms with E-state index in [1.165, 1.54) is 6.08 Å². The van der Waals surface area contributed by atoms with E-state index in [9.17, 15) is 9.90 Å². The highest BCUT2D eigenvalue weighted by molar-refractivity contribution is 9.10. The van der Waals surface area contributed by atoms with E-state index in [0.29, 0.717) is 22.2 Å². The summed E-state index contributed by atoms with van der Waals surface area (Å²) in [5, 5.41) is 18.0. The fourth-order valence-corrected chi connectivity index (χ4v) is 3.51. The minimum Gasteiger partial charge on any atom is -0.477 e. The number of aliphatic carboxylic acids is 1. The Hall–Kier alpha value is -2.23. The van der Waals surface area contributed by atoms with Crippen molar-refractivity contribution < 1.29 is 18.7 Å². The van der Waals surface area contributed by atoms with Crippen LogP contribution >= 0.6 is 39.3 Å². The normalized spacial score (nSPS) is 11.6. The lowest BCUT2D eigenvalue weighted by atomic mass is 10.2. The molecule has 0 amide bonds. The lowest BCUT2D eigenvalue weighted by molar-refractivity contribution is -0.131. The maximum absolute atomic E-state index is 11.6. The van der Waals surface area contributed by atoms with E-state index in [-0.39, 0.29) is 16.0 Å². The second-order valence-corrected chi connectivity index (χ2v) is 7.78. The SMILES string of the molecule is CN(C)c1oc(/C=C(\Sc2nnc(-c3ccc(Cl)cc3)o2)C(=O)O)cc1Br. The van der Waals surface area contributed by atoms with E-state index in [4.69, 9.17) is 20.4 Å². The maximum atomic E-state index is 11.6. The van der Waals surface area contributed by atoms with Gasteiger partial charge in [-0.15, -0.1) is 10.2 Å². The van der Waals surface area contributed by atoms with Crippen molar-refractivity contribution in [3.05, 3.63) is 50.5 Å². The zero-order valence-corrected chi connectivity index (χ0v) is 17.3. The molecule has 2 heterocycles. The van der Waals surface area contributed by atoms with Crippen LogP contribution in [0.1, 0.15) is 5.76 Å². The largest absolute Gasteiger partial charge is 0.477 e. The van der Waals surface area contributed by atoms with E-state index < -0.39 is 5.97 Å². The van der Waals surface area contributed by atoms with Gasteiger partial charge in [0.15, 0.2) is 0 Å². The number of aromatic nitrogens is 2. The van der Waals surface area contributed by atoms with Gasteiger partial charge < -0.3 is 18.8 Å². The van der Waals surface area contributed by atoms with Crippen LogP contribution in [-0.2, 0) is 4.79 Å². The smallest absolute Gasteiger partial charge is 0.342 e. The summed E-state index contributed by atoms with van der Waals surface area (Å²) in [6.45, 7) is 0. The first-order chi connectivity index (χ1) is 12.8. The van der Waals surface area contributed by atoms with E-state index in [0.717, 1.165) is 16.2 Å². The summed E-state index contributed by atoms with van der Waals surface area (Å²) in [5.74, 6) is 0.103. The van der Waals surface area contributed by atoms with Crippen LogP contribution in [0.25, 0.3) is 17.5 Å². The van der Waals surface area contributed by atoms with Gasteiger partial charge in [-0.2, -0.15) is 0 Å². The van der Waals surface area contributed by atoms with Gasteiger partial charge in [-0.05, 0) is 52.0 Å². The highest BCUT2D eigenvalue weighted by Gasteiger charge is 2.18. The van der Waals surface area contributed by atoms with Gasteiger partial charge in [0.1, 0.15) is 10.7 Å². The Morgan fingerprint density at radius 1 is 1.26 bits per heavy atom. The maximum Gasteiger partial charge on any atom is 0.342 e. The molecule has 0 atom stereocenters. The molecule has 0 aliphatic carbocycles. The molecule has 10 heteroatoms. The summed E-state index contributed by atoms with van der Waals surface area (Å²) in [5.41, 5.74) is 0.685. The molecule has 7 nitrogen and oxygen atoms in total. The number of furan rings is 1. The minimum absolute atomic E-state index is 0.0205. The first-order valence-corrected chi connectivity index (χ1v) is 9.51. The van der Waals surface area contributed by atoms with Gasteiger partial charge in [0.2, 0.25) is 11.8 Å². The summed E-state index contributed by atoms with van der Waals surface area (Å²) >= 11 is 10.1.